The molecule has 0 radical (unpaired) electrons. The van der Waals surface area contributed by atoms with E-state index in [-0.39, 0.29) is 11.9 Å². The quantitative estimate of drug-likeness (QED) is 0.793. The first-order valence-corrected chi connectivity index (χ1v) is 7.41. The molecule has 1 heterocycles. The van der Waals surface area contributed by atoms with Crippen molar-refractivity contribution in [3.8, 4) is 0 Å². The van der Waals surface area contributed by atoms with Crippen molar-refractivity contribution < 1.29 is 4.79 Å². The molecule has 0 aliphatic heterocycles. The van der Waals surface area contributed by atoms with E-state index in [1.54, 1.807) is 11.9 Å². The highest BCUT2D eigenvalue weighted by atomic mass is 35.5. The molecule has 22 heavy (non-hydrogen) atoms. The molecule has 1 aromatic heterocycles. The van der Waals surface area contributed by atoms with Crippen molar-refractivity contribution in [2.45, 2.75) is 13.0 Å². The number of aromatic amines is 1. The first-order chi connectivity index (χ1) is 10.6. The topological polar surface area (TPSA) is 49.0 Å². The van der Waals surface area contributed by atoms with Gasteiger partial charge in [0.15, 0.2) is 5.69 Å². The fourth-order valence-electron chi connectivity index (χ4n) is 2.43. The number of nitrogens with one attached hydrogen (secondary N) is 1. The number of rotatable bonds is 3. The number of hydrogen-bond donors (Lipinski definition) is 1. The largest absolute Gasteiger partial charge is 0.334 e. The second kappa shape index (κ2) is 5.81. The Morgan fingerprint density at radius 3 is 2.59 bits per heavy atom. The molecule has 3 rings (SSSR count). The molecule has 1 unspecified atom stereocenters. The van der Waals surface area contributed by atoms with E-state index in [9.17, 15) is 4.79 Å². The van der Waals surface area contributed by atoms with Crippen molar-refractivity contribution in [2.24, 2.45) is 0 Å². The van der Waals surface area contributed by atoms with Crippen LogP contribution in [0.5, 0.6) is 0 Å². The van der Waals surface area contributed by atoms with Gasteiger partial charge in [0.2, 0.25) is 0 Å². The molecule has 0 fully saturated rings. The highest BCUT2D eigenvalue weighted by Gasteiger charge is 2.22. The van der Waals surface area contributed by atoms with Crippen LogP contribution < -0.4 is 0 Å². The summed E-state index contributed by atoms with van der Waals surface area (Å²) in [6.45, 7) is 1.98. The molecule has 0 saturated heterocycles. The average Bonchev–Trinajstić information content (AvgIpc) is 2.97. The molecule has 3 aromatic rings. The van der Waals surface area contributed by atoms with Crippen molar-refractivity contribution in [2.75, 3.05) is 7.05 Å². The highest BCUT2D eigenvalue weighted by molar-refractivity contribution is 6.30. The third-order valence-electron chi connectivity index (χ3n) is 3.93. The lowest BCUT2D eigenvalue weighted by molar-refractivity contribution is 0.0738. The number of carbonyl (C=O) groups excluding carboxylic acids is 1. The van der Waals surface area contributed by atoms with Crippen LogP contribution in [-0.4, -0.2) is 28.1 Å². The molecule has 0 bridgehead atoms. The van der Waals surface area contributed by atoms with Gasteiger partial charge in [-0.2, -0.15) is 5.10 Å². The zero-order chi connectivity index (χ0) is 15.7. The van der Waals surface area contributed by atoms with Crippen molar-refractivity contribution >= 4 is 28.4 Å². The van der Waals surface area contributed by atoms with E-state index in [4.69, 9.17) is 11.6 Å². The van der Waals surface area contributed by atoms with Crippen LogP contribution in [-0.2, 0) is 0 Å². The maximum absolute atomic E-state index is 12.7. The third-order valence-corrected chi connectivity index (χ3v) is 4.18. The zero-order valence-corrected chi connectivity index (χ0v) is 13.1. The van der Waals surface area contributed by atoms with E-state index < -0.39 is 0 Å². The van der Waals surface area contributed by atoms with E-state index in [2.05, 4.69) is 10.2 Å². The van der Waals surface area contributed by atoms with Crippen LogP contribution in [0.15, 0.2) is 48.5 Å². The Morgan fingerprint density at radius 2 is 1.86 bits per heavy atom. The van der Waals surface area contributed by atoms with E-state index >= 15 is 0 Å². The van der Waals surface area contributed by atoms with Gasteiger partial charge < -0.3 is 4.90 Å². The Balaban J connectivity index is 1.89. The Morgan fingerprint density at radius 1 is 1.18 bits per heavy atom. The van der Waals surface area contributed by atoms with Crippen LogP contribution in [0.4, 0.5) is 0 Å². The number of fused-ring (bicyclic) bond motifs is 1. The zero-order valence-electron chi connectivity index (χ0n) is 12.4. The monoisotopic (exact) mass is 313 g/mol. The molecule has 4 nitrogen and oxygen atoms in total. The van der Waals surface area contributed by atoms with Gasteiger partial charge in [-0.25, -0.2) is 0 Å². The van der Waals surface area contributed by atoms with Gasteiger partial charge in [0.25, 0.3) is 5.91 Å². The van der Waals surface area contributed by atoms with Gasteiger partial charge in [-0.05, 0) is 30.7 Å². The maximum atomic E-state index is 12.7. The number of benzene rings is 2. The van der Waals surface area contributed by atoms with Crippen LogP contribution in [0, 0.1) is 0 Å². The van der Waals surface area contributed by atoms with Gasteiger partial charge in [-0.3, -0.25) is 9.89 Å². The van der Waals surface area contributed by atoms with Crippen LogP contribution in [0.2, 0.25) is 5.02 Å². The Labute approximate surface area is 133 Å². The first-order valence-electron chi connectivity index (χ1n) is 7.03. The lowest BCUT2D eigenvalue weighted by atomic mass is 10.1. The van der Waals surface area contributed by atoms with Gasteiger partial charge in [-0.15, -0.1) is 0 Å². The molecular weight excluding hydrogens is 298 g/mol. The molecule has 0 aliphatic carbocycles. The molecule has 112 valence electrons. The fraction of sp³-hybridized carbons (Fsp3) is 0.176. The van der Waals surface area contributed by atoms with Gasteiger partial charge in [0, 0.05) is 17.5 Å². The molecule has 1 amide bonds. The molecular formula is C17H16ClN3O. The molecule has 0 spiro atoms. The average molecular weight is 314 g/mol. The summed E-state index contributed by atoms with van der Waals surface area (Å²) in [5.74, 6) is -0.111. The summed E-state index contributed by atoms with van der Waals surface area (Å²) in [6, 6.07) is 15.1. The number of para-hydroxylation sites is 1. The summed E-state index contributed by atoms with van der Waals surface area (Å²) in [6.07, 6.45) is 0. The predicted molar refractivity (Wildman–Crippen MR) is 88.1 cm³/mol. The summed E-state index contributed by atoms with van der Waals surface area (Å²) >= 11 is 5.91. The van der Waals surface area contributed by atoms with E-state index in [1.807, 2.05) is 55.5 Å². The van der Waals surface area contributed by atoms with E-state index in [1.165, 1.54) is 0 Å². The second-order valence-corrected chi connectivity index (χ2v) is 5.70. The molecule has 0 saturated carbocycles. The summed E-state index contributed by atoms with van der Waals surface area (Å²) in [5, 5.41) is 8.58. The van der Waals surface area contributed by atoms with Crippen molar-refractivity contribution in [1.29, 1.82) is 0 Å². The number of H-pyrrole nitrogens is 1. The standard InChI is InChI=1S/C17H16ClN3O/c1-11(12-7-9-13(18)10-8-12)21(2)17(22)16-14-5-3-4-6-15(14)19-20-16/h3-11H,1-2H3,(H,19,20). The number of carbonyl (C=O) groups is 1. The Hall–Kier alpha value is -2.33. The SMILES string of the molecule is CC(c1ccc(Cl)cc1)N(C)C(=O)c1n[nH]c2ccccc12. The number of hydrogen-bond acceptors (Lipinski definition) is 2. The van der Waals surface area contributed by atoms with Crippen LogP contribution in [0.1, 0.15) is 29.0 Å². The number of amides is 1. The Kier molecular flexibility index (Phi) is 3.86. The summed E-state index contributed by atoms with van der Waals surface area (Å²) in [5.41, 5.74) is 2.33. The van der Waals surface area contributed by atoms with Crippen LogP contribution in [0.3, 0.4) is 0 Å². The van der Waals surface area contributed by atoms with Gasteiger partial charge in [-0.1, -0.05) is 41.9 Å². The second-order valence-electron chi connectivity index (χ2n) is 5.26. The highest BCUT2D eigenvalue weighted by Crippen LogP contribution is 2.24. The van der Waals surface area contributed by atoms with Crippen molar-refractivity contribution in [3.63, 3.8) is 0 Å². The minimum Gasteiger partial charge on any atom is -0.334 e. The molecule has 1 atom stereocenters. The van der Waals surface area contributed by atoms with Crippen LogP contribution in [0.25, 0.3) is 10.9 Å². The minimum atomic E-state index is -0.111. The molecule has 2 aromatic carbocycles. The Bertz CT molecular complexity index is 810. The van der Waals surface area contributed by atoms with Crippen LogP contribution >= 0.6 is 11.6 Å². The minimum absolute atomic E-state index is 0.0692. The number of nitrogens with zero attached hydrogens (tertiary/aromatic N) is 2. The maximum Gasteiger partial charge on any atom is 0.275 e. The van der Waals surface area contributed by atoms with E-state index in [0.29, 0.717) is 10.7 Å². The lowest BCUT2D eigenvalue weighted by Gasteiger charge is -2.24. The van der Waals surface area contributed by atoms with Gasteiger partial charge in [0.05, 0.1) is 11.6 Å². The molecule has 0 aliphatic rings. The lowest BCUT2D eigenvalue weighted by Crippen LogP contribution is -2.30. The summed E-state index contributed by atoms with van der Waals surface area (Å²) in [7, 11) is 1.78. The first kappa shape index (κ1) is 14.6. The van der Waals surface area contributed by atoms with Crippen molar-refractivity contribution in [3.05, 3.63) is 64.8 Å². The summed E-state index contributed by atoms with van der Waals surface area (Å²) < 4.78 is 0. The van der Waals surface area contributed by atoms with Gasteiger partial charge in [0.1, 0.15) is 0 Å². The number of aromatic nitrogens is 2. The van der Waals surface area contributed by atoms with Gasteiger partial charge >= 0.3 is 0 Å². The summed E-state index contributed by atoms with van der Waals surface area (Å²) in [4.78, 5) is 14.4. The smallest absolute Gasteiger partial charge is 0.275 e. The third kappa shape index (κ3) is 2.57. The predicted octanol–water partition coefficient (Wildman–Crippen LogP) is 4.05. The number of halogens is 1. The van der Waals surface area contributed by atoms with Crippen molar-refractivity contribution in [1.82, 2.24) is 15.1 Å². The molecule has 1 N–H and O–H groups in total. The molecule has 5 heteroatoms. The van der Waals surface area contributed by atoms with E-state index in [0.717, 1.165) is 16.5 Å². The fourth-order valence-corrected chi connectivity index (χ4v) is 2.56. The normalized spacial score (nSPS) is 12.3.